The van der Waals surface area contributed by atoms with Gasteiger partial charge in [-0.25, -0.2) is 14.8 Å². The van der Waals surface area contributed by atoms with Crippen molar-refractivity contribution in [3.8, 4) is 0 Å². The number of hydrogen-bond donors (Lipinski definition) is 1. The maximum Gasteiger partial charge on any atom is 0.410 e. The molecule has 1 fully saturated rings. The van der Waals surface area contributed by atoms with Crippen LogP contribution in [0.3, 0.4) is 0 Å². The average molecular weight is 315 g/mol. The van der Waals surface area contributed by atoms with Gasteiger partial charge in [0.2, 0.25) is 0 Å². The van der Waals surface area contributed by atoms with Crippen LogP contribution in [-0.2, 0) is 11.3 Å². The summed E-state index contributed by atoms with van der Waals surface area (Å²) in [6.45, 7) is 7.32. The van der Waals surface area contributed by atoms with Crippen LogP contribution in [0.25, 0.3) is 0 Å². The van der Waals surface area contributed by atoms with Gasteiger partial charge in [-0.05, 0) is 32.8 Å². The fourth-order valence-electron chi connectivity index (χ4n) is 2.21. The SMILES string of the molecule is CC(C)(C)OC(=O)N1CCC(c2cnc(CN)nc2)C1.Cl. The number of nitrogens with zero attached hydrogens (tertiary/aromatic N) is 3. The number of halogens is 1. The number of ether oxygens (including phenoxy) is 1. The van der Waals surface area contributed by atoms with E-state index in [1.54, 1.807) is 17.3 Å². The van der Waals surface area contributed by atoms with Crippen LogP contribution in [0, 0.1) is 0 Å². The lowest BCUT2D eigenvalue weighted by molar-refractivity contribution is 0.0292. The first-order valence-electron chi connectivity index (χ1n) is 6.88. The Morgan fingerprint density at radius 2 is 2.05 bits per heavy atom. The summed E-state index contributed by atoms with van der Waals surface area (Å²) in [5, 5.41) is 0. The molecule has 1 amide bonds. The summed E-state index contributed by atoms with van der Waals surface area (Å²) in [5.41, 5.74) is 6.07. The van der Waals surface area contributed by atoms with Crippen molar-refractivity contribution in [2.45, 2.75) is 45.3 Å². The number of carbonyl (C=O) groups is 1. The Bertz CT molecular complexity index is 473. The summed E-state index contributed by atoms with van der Waals surface area (Å²) >= 11 is 0. The van der Waals surface area contributed by atoms with Gasteiger partial charge in [0.05, 0.1) is 6.54 Å². The van der Waals surface area contributed by atoms with E-state index in [-0.39, 0.29) is 24.4 Å². The van der Waals surface area contributed by atoms with E-state index in [0.29, 0.717) is 25.5 Å². The second-order valence-electron chi connectivity index (χ2n) is 6.05. The molecule has 21 heavy (non-hydrogen) atoms. The van der Waals surface area contributed by atoms with Crippen LogP contribution in [0.15, 0.2) is 12.4 Å². The molecule has 7 heteroatoms. The van der Waals surface area contributed by atoms with Crippen molar-refractivity contribution in [2.24, 2.45) is 5.73 Å². The van der Waals surface area contributed by atoms with Crippen molar-refractivity contribution >= 4 is 18.5 Å². The van der Waals surface area contributed by atoms with E-state index in [1.165, 1.54) is 0 Å². The number of nitrogens with two attached hydrogens (primary N) is 1. The molecule has 1 aliphatic rings. The number of likely N-dealkylation sites (tertiary alicyclic amines) is 1. The number of hydrogen-bond acceptors (Lipinski definition) is 5. The number of aromatic nitrogens is 2. The minimum absolute atomic E-state index is 0. The van der Waals surface area contributed by atoms with Crippen LogP contribution < -0.4 is 5.73 Å². The molecular weight excluding hydrogens is 292 g/mol. The predicted molar refractivity (Wildman–Crippen MR) is 82.3 cm³/mol. The Balaban J connectivity index is 0.00000220. The number of rotatable bonds is 2. The van der Waals surface area contributed by atoms with E-state index in [2.05, 4.69) is 9.97 Å². The first-order chi connectivity index (χ1) is 9.39. The van der Waals surface area contributed by atoms with Crippen LogP contribution in [0.5, 0.6) is 0 Å². The minimum atomic E-state index is -0.457. The van der Waals surface area contributed by atoms with Gasteiger partial charge in [-0.2, -0.15) is 0 Å². The van der Waals surface area contributed by atoms with Gasteiger partial charge in [0, 0.05) is 31.4 Å². The highest BCUT2D eigenvalue weighted by atomic mass is 35.5. The minimum Gasteiger partial charge on any atom is -0.444 e. The summed E-state index contributed by atoms with van der Waals surface area (Å²) in [6, 6.07) is 0. The van der Waals surface area contributed by atoms with Crippen LogP contribution in [0.1, 0.15) is 44.5 Å². The molecule has 2 N–H and O–H groups in total. The van der Waals surface area contributed by atoms with Gasteiger partial charge < -0.3 is 15.4 Å². The van der Waals surface area contributed by atoms with Crippen molar-refractivity contribution < 1.29 is 9.53 Å². The molecule has 0 bridgehead atoms. The van der Waals surface area contributed by atoms with E-state index >= 15 is 0 Å². The lowest BCUT2D eigenvalue weighted by atomic mass is 10.0. The highest BCUT2D eigenvalue weighted by Gasteiger charge is 2.30. The fourth-order valence-corrected chi connectivity index (χ4v) is 2.21. The molecule has 1 aromatic heterocycles. The number of amides is 1. The standard InChI is InChI=1S/C14H22N4O2.ClH/c1-14(2,3)20-13(19)18-5-4-10(9-18)11-7-16-12(6-15)17-8-11;/h7-8,10H,4-6,9,15H2,1-3H3;1H. The largest absolute Gasteiger partial charge is 0.444 e. The van der Waals surface area contributed by atoms with Crippen LogP contribution >= 0.6 is 12.4 Å². The molecule has 1 atom stereocenters. The molecule has 1 aliphatic heterocycles. The van der Waals surface area contributed by atoms with Crippen LogP contribution in [-0.4, -0.2) is 39.7 Å². The second-order valence-corrected chi connectivity index (χ2v) is 6.05. The molecule has 0 radical (unpaired) electrons. The molecule has 2 heterocycles. The molecule has 0 spiro atoms. The zero-order valence-corrected chi connectivity index (χ0v) is 13.5. The van der Waals surface area contributed by atoms with Crippen LogP contribution in [0.2, 0.25) is 0 Å². The molecular formula is C14H23ClN4O2. The average Bonchev–Trinajstić information content (AvgIpc) is 2.86. The molecule has 0 saturated carbocycles. The van der Waals surface area contributed by atoms with Gasteiger partial charge in [0.25, 0.3) is 0 Å². The Kier molecular flexibility index (Phi) is 5.92. The van der Waals surface area contributed by atoms with E-state index < -0.39 is 5.60 Å². The summed E-state index contributed by atoms with van der Waals surface area (Å²) in [5.74, 6) is 0.907. The fraction of sp³-hybridized carbons (Fsp3) is 0.643. The maximum absolute atomic E-state index is 12.0. The Labute approximate surface area is 131 Å². The molecule has 2 rings (SSSR count). The van der Waals surface area contributed by atoms with E-state index in [4.69, 9.17) is 10.5 Å². The third-order valence-electron chi connectivity index (χ3n) is 3.22. The van der Waals surface area contributed by atoms with Crippen molar-refractivity contribution in [3.05, 3.63) is 23.8 Å². The van der Waals surface area contributed by atoms with Gasteiger partial charge in [0.15, 0.2) is 0 Å². The zero-order chi connectivity index (χ0) is 14.8. The summed E-state index contributed by atoms with van der Waals surface area (Å²) < 4.78 is 5.38. The smallest absolute Gasteiger partial charge is 0.410 e. The van der Waals surface area contributed by atoms with Crippen molar-refractivity contribution in [1.29, 1.82) is 0 Å². The van der Waals surface area contributed by atoms with E-state index in [0.717, 1.165) is 12.0 Å². The van der Waals surface area contributed by atoms with E-state index in [1.807, 2.05) is 20.8 Å². The monoisotopic (exact) mass is 314 g/mol. The van der Waals surface area contributed by atoms with Crippen molar-refractivity contribution in [2.75, 3.05) is 13.1 Å². The molecule has 1 aromatic rings. The first-order valence-corrected chi connectivity index (χ1v) is 6.88. The molecule has 0 aromatic carbocycles. The van der Waals surface area contributed by atoms with Gasteiger partial charge in [0.1, 0.15) is 11.4 Å². The summed E-state index contributed by atoms with van der Waals surface area (Å²) in [6.07, 6.45) is 4.26. The topological polar surface area (TPSA) is 81.3 Å². The molecule has 6 nitrogen and oxygen atoms in total. The third kappa shape index (κ3) is 4.82. The lowest BCUT2D eigenvalue weighted by Gasteiger charge is -2.24. The maximum atomic E-state index is 12.0. The van der Waals surface area contributed by atoms with E-state index in [9.17, 15) is 4.79 Å². The van der Waals surface area contributed by atoms with Crippen LogP contribution in [0.4, 0.5) is 4.79 Å². The van der Waals surface area contributed by atoms with Gasteiger partial charge in [-0.3, -0.25) is 0 Å². The summed E-state index contributed by atoms with van der Waals surface area (Å²) in [7, 11) is 0. The highest BCUT2D eigenvalue weighted by Crippen LogP contribution is 2.27. The van der Waals surface area contributed by atoms with Crippen molar-refractivity contribution in [3.63, 3.8) is 0 Å². The molecule has 1 saturated heterocycles. The molecule has 1 unspecified atom stereocenters. The Morgan fingerprint density at radius 1 is 1.43 bits per heavy atom. The van der Waals surface area contributed by atoms with Crippen molar-refractivity contribution in [1.82, 2.24) is 14.9 Å². The zero-order valence-electron chi connectivity index (χ0n) is 12.7. The van der Waals surface area contributed by atoms with Gasteiger partial charge >= 0.3 is 6.09 Å². The van der Waals surface area contributed by atoms with Gasteiger partial charge in [-0.1, -0.05) is 0 Å². The third-order valence-corrected chi connectivity index (χ3v) is 3.22. The summed E-state index contributed by atoms with van der Waals surface area (Å²) in [4.78, 5) is 22.1. The first kappa shape index (κ1) is 17.7. The quantitative estimate of drug-likeness (QED) is 0.904. The molecule has 0 aliphatic carbocycles. The highest BCUT2D eigenvalue weighted by molar-refractivity contribution is 5.85. The van der Waals surface area contributed by atoms with Gasteiger partial charge in [-0.15, -0.1) is 12.4 Å². The Morgan fingerprint density at radius 3 is 2.57 bits per heavy atom. The second kappa shape index (κ2) is 7.04. The Hall–Kier alpha value is -1.40. The predicted octanol–water partition coefficient (Wildman–Crippen LogP) is 2.08. The molecule has 118 valence electrons. The number of carbonyl (C=O) groups excluding carboxylic acids is 1. The lowest BCUT2D eigenvalue weighted by Crippen LogP contribution is -2.35. The normalized spacial score (nSPS) is 18.3.